The van der Waals surface area contributed by atoms with Crippen LogP contribution in [0.5, 0.6) is 0 Å². The Morgan fingerprint density at radius 1 is 1.27 bits per heavy atom. The Morgan fingerprint density at radius 3 is 2.47 bits per heavy atom. The molecular weight excluding hydrogens is 255 g/mol. The second-order valence-corrected chi connectivity index (χ2v) is 6.90. The van der Waals surface area contributed by atoms with E-state index >= 15 is 0 Å². The number of carbonyl (C=O) groups excluding carboxylic acids is 1. The second-order valence-electron chi connectivity index (χ2n) is 4.58. The molecule has 1 saturated heterocycles. The van der Waals surface area contributed by atoms with E-state index in [1.54, 1.807) is 0 Å². The minimum absolute atomic E-state index is 0.0256. The van der Waals surface area contributed by atoms with Gasteiger partial charge in [0.1, 0.15) is 0 Å². The van der Waals surface area contributed by atoms with Crippen LogP contribution in [0.15, 0.2) is 0 Å². The van der Waals surface area contributed by atoms with Crippen molar-refractivity contribution in [2.75, 3.05) is 13.2 Å². The molecule has 1 heterocycles. The standard InChI is InChI=1S/C11H19AsO3/c12-11(5-7-14-8-6-11)10(13)15-9-3-1-2-4-9/h9H,1-8,12H2. The van der Waals surface area contributed by atoms with Gasteiger partial charge < -0.3 is 0 Å². The van der Waals surface area contributed by atoms with Crippen LogP contribution in [-0.4, -0.2) is 42.1 Å². The van der Waals surface area contributed by atoms with Crippen molar-refractivity contribution < 1.29 is 14.3 Å². The van der Waals surface area contributed by atoms with Crippen molar-refractivity contribution in [1.82, 2.24) is 0 Å². The molecular formula is C11H19AsO3. The predicted molar refractivity (Wildman–Crippen MR) is 59.6 cm³/mol. The van der Waals surface area contributed by atoms with Gasteiger partial charge in [0.15, 0.2) is 0 Å². The second kappa shape index (κ2) is 4.88. The van der Waals surface area contributed by atoms with Crippen molar-refractivity contribution in [3.05, 3.63) is 0 Å². The maximum absolute atomic E-state index is 12.0. The first-order chi connectivity index (χ1) is 7.21. The molecule has 1 saturated carbocycles. The fourth-order valence-electron chi connectivity index (χ4n) is 2.21. The monoisotopic (exact) mass is 274 g/mol. The first-order valence-corrected chi connectivity index (χ1v) is 6.99. The van der Waals surface area contributed by atoms with Crippen LogP contribution in [0.4, 0.5) is 0 Å². The van der Waals surface area contributed by atoms with Gasteiger partial charge in [0.2, 0.25) is 0 Å². The predicted octanol–water partition coefficient (Wildman–Crippen LogP) is 1.07. The van der Waals surface area contributed by atoms with Gasteiger partial charge in [-0.2, -0.15) is 0 Å². The molecule has 0 radical (unpaired) electrons. The fourth-order valence-corrected chi connectivity index (χ4v) is 2.85. The van der Waals surface area contributed by atoms with E-state index in [1.807, 2.05) is 0 Å². The summed E-state index contributed by atoms with van der Waals surface area (Å²) in [5.41, 5.74) is 0. The molecule has 0 spiro atoms. The SMILES string of the molecule is O=C(OC1CCCC1)C1([AsH2])CCOCC1. The van der Waals surface area contributed by atoms with Gasteiger partial charge in [-0.15, -0.1) is 0 Å². The third-order valence-corrected chi connectivity index (χ3v) is 5.07. The molecule has 0 bridgehead atoms. The van der Waals surface area contributed by atoms with Crippen LogP contribution in [0, 0.1) is 0 Å². The van der Waals surface area contributed by atoms with Crippen LogP contribution in [0.2, 0.25) is 4.20 Å². The van der Waals surface area contributed by atoms with Crippen LogP contribution < -0.4 is 0 Å². The molecule has 0 amide bonds. The third-order valence-electron chi connectivity index (χ3n) is 3.37. The molecule has 2 fully saturated rings. The van der Waals surface area contributed by atoms with Crippen LogP contribution in [-0.2, 0) is 14.3 Å². The molecule has 4 heteroatoms. The molecule has 0 aromatic carbocycles. The summed E-state index contributed by atoms with van der Waals surface area (Å²) < 4.78 is 10.6. The first-order valence-electron chi connectivity index (χ1n) is 5.78. The summed E-state index contributed by atoms with van der Waals surface area (Å²) in [5, 5.41) is 0. The number of carbonyl (C=O) groups is 1. The molecule has 2 rings (SSSR count). The maximum atomic E-state index is 12.0. The van der Waals surface area contributed by atoms with Crippen LogP contribution in [0.1, 0.15) is 38.5 Å². The van der Waals surface area contributed by atoms with Crippen molar-refractivity contribution >= 4 is 22.8 Å². The van der Waals surface area contributed by atoms with Gasteiger partial charge in [0.05, 0.1) is 0 Å². The summed E-state index contributed by atoms with van der Waals surface area (Å²) in [5.74, 6) is 0.0256. The van der Waals surface area contributed by atoms with E-state index in [1.165, 1.54) is 29.7 Å². The van der Waals surface area contributed by atoms with E-state index in [0.717, 1.165) is 25.7 Å². The molecule has 3 nitrogen and oxygen atoms in total. The van der Waals surface area contributed by atoms with Crippen molar-refractivity contribution in [1.29, 1.82) is 0 Å². The van der Waals surface area contributed by atoms with E-state index in [2.05, 4.69) is 0 Å². The third kappa shape index (κ3) is 2.76. The topological polar surface area (TPSA) is 35.5 Å². The number of rotatable bonds is 2. The zero-order valence-electron chi connectivity index (χ0n) is 9.04. The molecule has 0 aromatic heterocycles. The number of esters is 1. The van der Waals surface area contributed by atoms with Gasteiger partial charge in [-0.1, -0.05) is 0 Å². The Labute approximate surface area is 99.4 Å². The Morgan fingerprint density at radius 2 is 1.87 bits per heavy atom. The summed E-state index contributed by atoms with van der Waals surface area (Å²) in [4.78, 5) is 12.0. The van der Waals surface area contributed by atoms with Crippen LogP contribution in [0.3, 0.4) is 0 Å². The van der Waals surface area contributed by atoms with E-state index < -0.39 is 0 Å². The van der Waals surface area contributed by atoms with Gasteiger partial charge >= 0.3 is 99.1 Å². The molecule has 15 heavy (non-hydrogen) atoms. The summed E-state index contributed by atoms with van der Waals surface area (Å²) in [6.07, 6.45) is 6.41. The van der Waals surface area contributed by atoms with Gasteiger partial charge in [-0.3, -0.25) is 0 Å². The average Bonchev–Trinajstić information content (AvgIpc) is 2.71. The number of hydrogen-bond donors (Lipinski definition) is 0. The average molecular weight is 274 g/mol. The number of hydrogen-bond acceptors (Lipinski definition) is 3. The molecule has 1 unspecified atom stereocenters. The Kier molecular flexibility index (Phi) is 3.73. The quantitative estimate of drug-likeness (QED) is 0.558. The zero-order valence-corrected chi connectivity index (χ0v) is 11.5. The summed E-state index contributed by atoms with van der Waals surface area (Å²) in [7, 11) is 0. The van der Waals surface area contributed by atoms with E-state index in [4.69, 9.17) is 9.47 Å². The van der Waals surface area contributed by atoms with Gasteiger partial charge in [-0.25, -0.2) is 0 Å². The molecule has 0 N–H and O–H groups in total. The molecule has 2 aliphatic rings. The van der Waals surface area contributed by atoms with Crippen molar-refractivity contribution in [2.24, 2.45) is 0 Å². The summed E-state index contributed by atoms with van der Waals surface area (Å²) >= 11 is 1.50. The van der Waals surface area contributed by atoms with Crippen molar-refractivity contribution in [3.8, 4) is 0 Å². The van der Waals surface area contributed by atoms with E-state index in [0.29, 0.717) is 13.2 Å². The summed E-state index contributed by atoms with van der Waals surface area (Å²) in [6, 6.07) is 0. The molecule has 1 atom stereocenters. The van der Waals surface area contributed by atoms with Gasteiger partial charge in [0.25, 0.3) is 0 Å². The molecule has 1 aliphatic carbocycles. The van der Waals surface area contributed by atoms with Crippen LogP contribution in [0.25, 0.3) is 0 Å². The minimum atomic E-state index is -0.228. The first kappa shape index (κ1) is 11.5. The summed E-state index contributed by atoms with van der Waals surface area (Å²) in [6.45, 7) is 1.41. The van der Waals surface area contributed by atoms with E-state index in [-0.39, 0.29) is 16.3 Å². The van der Waals surface area contributed by atoms with Gasteiger partial charge in [-0.05, 0) is 0 Å². The normalized spacial score (nSPS) is 26.5. The molecule has 86 valence electrons. The Hall–Kier alpha value is -0.0116. The van der Waals surface area contributed by atoms with E-state index in [9.17, 15) is 4.79 Å². The Balaban J connectivity index is 1.87. The van der Waals surface area contributed by atoms with Crippen molar-refractivity contribution in [2.45, 2.75) is 48.8 Å². The van der Waals surface area contributed by atoms with Crippen LogP contribution >= 0.6 is 0 Å². The van der Waals surface area contributed by atoms with Gasteiger partial charge in [0, 0.05) is 0 Å². The van der Waals surface area contributed by atoms with Crippen molar-refractivity contribution in [3.63, 3.8) is 0 Å². The number of ether oxygens (including phenoxy) is 2. The molecule has 1 aliphatic heterocycles. The molecule has 0 aromatic rings. The fraction of sp³-hybridized carbons (Fsp3) is 0.909. The Bertz CT molecular complexity index is 230. The zero-order chi connectivity index (χ0) is 10.7.